The third-order valence-corrected chi connectivity index (χ3v) is 3.82. The molecule has 2 N–H and O–H groups in total. The third kappa shape index (κ3) is 2.27. The number of thiophene rings is 1. The van der Waals surface area contributed by atoms with Crippen molar-refractivity contribution in [3.05, 3.63) is 56.4 Å². The van der Waals surface area contributed by atoms with Crippen LogP contribution in [0.2, 0.25) is 0 Å². The Morgan fingerprint density at radius 3 is 2.80 bits per heavy atom. The van der Waals surface area contributed by atoms with Gasteiger partial charge in [0.15, 0.2) is 0 Å². The van der Waals surface area contributed by atoms with Crippen LogP contribution in [0.4, 0.5) is 4.39 Å². The highest BCUT2D eigenvalue weighted by molar-refractivity contribution is 9.10. The first-order valence-electron chi connectivity index (χ1n) is 4.42. The lowest BCUT2D eigenvalue weighted by Gasteiger charge is -2.12. The summed E-state index contributed by atoms with van der Waals surface area (Å²) in [5.41, 5.74) is 6.82. The second kappa shape index (κ2) is 4.43. The van der Waals surface area contributed by atoms with Gasteiger partial charge in [-0.3, -0.25) is 0 Å². The first kappa shape index (κ1) is 10.8. The van der Waals surface area contributed by atoms with E-state index < -0.39 is 0 Å². The van der Waals surface area contributed by atoms with E-state index in [4.69, 9.17) is 5.73 Å². The monoisotopic (exact) mass is 285 g/mol. The Labute approximate surface area is 99.9 Å². The Morgan fingerprint density at radius 1 is 1.33 bits per heavy atom. The summed E-state index contributed by atoms with van der Waals surface area (Å²) in [5, 5.41) is 1.96. The molecule has 2 aromatic rings. The smallest absolute Gasteiger partial charge is 0.123 e. The highest BCUT2D eigenvalue weighted by Crippen LogP contribution is 2.29. The van der Waals surface area contributed by atoms with Crippen molar-refractivity contribution in [2.75, 3.05) is 0 Å². The van der Waals surface area contributed by atoms with Gasteiger partial charge in [0.2, 0.25) is 0 Å². The predicted octanol–water partition coefficient (Wildman–Crippen LogP) is 3.70. The van der Waals surface area contributed by atoms with Crippen LogP contribution in [0.5, 0.6) is 0 Å². The van der Waals surface area contributed by atoms with Gasteiger partial charge in [-0.05, 0) is 35.2 Å². The van der Waals surface area contributed by atoms with Gasteiger partial charge in [-0.1, -0.05) is 22.0 Å². The molecular weight excluding hydrogens is 277 g/mol. The molecule has 0 amide bonds. The standard InChI is InChI=1S/C11H9BrFNS/c12-9-4-3-7(13)6-8(9)11(14)10-2-1-5-15-10/h1-6,11H,14H2. The molecule has 0 saturated carbocycles. The van der Waals surface area contributed by atoms with Gasteiger partial charge in [-0.25, -0.2) is 4.39 Å². The van der Waals surface area contributed by atoms with E-state index in [1.54, 1.807) is 17.4 Å². The fraction of sp³-hybridized carbons (Fsp3) is 0.0909. The van der Waals surface area contributed by atoms with Crippen LogP contribution in [0, 0.1) is 5.82 Å². The second-order valence-corrected chi connectivity index (χ2v) is 4.99. The van der Waals surface area contributed by atoms with Crippen molar-refractivity contribution < 1.29 is 4.39 Å². The molecule has 1 aromatic carbocycles. The zero-order valence-electron chi connectivity index (χ0n) is 7.78. The molecule has 0 bridgehead atoms. The highest BCUT2D eigenvalue weighted by Gasteiger charge is 2.13. The van der Waals surface area contributed by atoms with Crippen molar-refractivity contribution in [1.82, 2.24) is 0 Å². The lowest BCUT2D eigenvalue weighted by Crippen LogP contribution is -2.11. The Kier molecular flexibility index (Phi) is 3.19. The Morgan fingerprint density at radius 2 is 2.13 bits per heavy atom. The van der Waals surface area contributed by atoms with Crippen molar-refractivity contribution in [3.8, 4) is 0 Å². The Balaban J connectivity index is 2.41. The predicted molar refractivity (Wildman–Crippen MR) is 64.4 cm³/mol. The lowest BCUT2D eigenvalue weighted by atomic mass is 10.1. The molecule has 15 heavy (non-hydrogen) atoms. The molecule has 0 saturated heterocycles. The maximum atomic E-state index is 13.1. The van der Waals surface area contributed by atoms with Crippen LogP contribution in [0.1, 0.15) is 16.5 Å². The van der Waals surface area contributed by atoms with Crippen LogP contribution >= 0.6 is 27.3 Å². The molecule has 1 unspecified atom stereocenters. The van der Waals surface area contributed by atoms with Gasteiger partial charge < -0.3 is 5.73 Å². The van der Waals surface area contributed by atoms with Crippen LogP contribution in [-0.2, 0) is 0 Å². The summed E-state index contributed by atoms with van der Waals surface area (Å²) in [7, 11) is 0. The highest BCUT2D eigenvalue weighted by atomic mass is 79.9. The first-order chi connectivity index (χ1) is 7.18. The van der Waals surface area contributed by atoms with E-state index in [0.29, 0.717) is 0 Å². The Hall–Kier alpha value is -0.710. The quantitative estimate of drug-likeness (QED) is 0.895. The van der Waals surface area contributed by atoms with Crippen molar-refractivity contribution in [2.24, 2.45) is 5.73 Å². The Bertz CT molecular complexity index is 456. The molecule has 78 valence electrons. The van der Waals surface area contributed by atoms with Crippen LogP contribution in [0.15, 0.2) is 40.2 Å². The maximum Gasteiger partial charge on any atom is 0.123 e. The van der Waals surface area contributed by atoms with E-state index in [0.717, 1.165) is 14.9 Å². The van der Waals surface area contributed by atoms with Crippen molar-refractivity contribution in [2.45, 2.75) is 6.04 Å². The molecule has 2 rings (SSSR count). The lowest BCUT2D eigenvalue weighted by molar-refractivity contribution is 0.623. The molecule has 1 heterocycles. The zero-order valence-corrected chi connectivity index (χ0v) is 10.2. The minimum atomic E-state index is -0.268. The van der Waals surface area contributed by atoms with E-state index in [1.165, 1.54) is 12.1 Å². The summed E-state index contributed by atoms with van der Waals surface area (Å²) < 4.78 is 13.9. The topological polar surface area (TPSA) is 26.0 Å². The summed E-state index contributed by atoms with van der Waals surface area (Å²) in [6.45, 7) is 0. The molecule has 0 radical (unpaired) electrons. The fourth-order valence-corrected chi connectivity index (χ4v) is 2.61. The van der Waals surface area contributed by atoms with Gasteiger partial charge in [0, 0.05) is 9.35 Å². The first-order valence-corrected chi connectivity index (χ1v) is 6.09. The van der Waals surface area contributed by atoms with Crippen LogP contribution in [0.3, 0.4) is 0 Å². The van der Waals surface area contributed by atoms with Crippen LogP contribution in [-0.4, -0.2) is 0 Å². The summed E-state index contributed by atoms with van der Waals surface area (Å²) in [4.78, 5) is 1.03. The van der Waals surface area contributed by atoms with Crippen molar-refractivity contribution in [3.63, 3.8) is 0 Å². The number of rotatable bonds is 2. The fourth-order valence-electron chi connectivity index (χ4n) is 1.37. The minimum absolute atomic E-state index is 0.264. The molecule has 0 aliphatic carbocycles. The number of benzene rings is 1. The molecular formula is C11H9BrFNS. The van der Waals surface area contributed by atoms with Gasteiger partial charge in [-0.15, -0.1) is 11.3 Å². The van der Waals surface area contributed by atoms with Crippen LogP contribution in [0.25, 0.3) is 0 Å². The molecule has 0 fully saturated rings. The number of nitrogens with two attached hydrogens (primary N) is 1. The average molecular weight is 286 g/mol. The second-order valence-electron chi connectivity index (χ2n) is 3.16. The van der Waals surface area contributed by atoms with Gasteiger partial charge in [0.25, 0.3) is 0 Å². The van der Waals surface area contributed by atoms with Gasteiger partial charge in [-0.2, -0.15) is 0 Å². The summed E-state index contributed by atoms with van der Waals surface area (Å²) >= 11 is 4.95. The van der Waals surface area contributed by atoms with Crippen molar-refractivity contribution in [1.29, 1.82) is 0 Å². The van der Waals surface area contributed by atoms with E-state index in [9.17, 15) is 4.39 Å². The number of halogens is 2. The number of hydrogen-bond acceptors (Lipinski definition) is 2. The SMILES string of the molecule is NC(c1cccs1)c1cc(F)ccc1Br. The number of hydrogen-bond donors (Lipinski definition) is 1. The average Bonchev–Trinajstić information content (AvgIpc) is 2.74. The minimum Gasteiger partial charge on any atom is -0.320 e. The zero-order chi connectivity index (χ0) is 10.8. The van der Waals surface area contributed by atoms with Gasteiger partial charge >= 0.3 is 0 Å². The molecule has 1 atom stereocenters. The van der Waals surface area contributed by atoms with E-state index in [-0.39, 0.29) is 11.9 Å². The van der Waals surface area contributed by atoms with Gasteiger partial charge in [0.1, 0.15) is 5.82 Å². The summed E-state index contributed by atoms with van der Waals surface area (Å²) in [6, 6.07) is 8.18. The molecule has 1 aromatic heterocycles. The summed E-state index contributed by atoms with van der Waals surface area (Å²) in [5.74, 6) is -0.264. The molecule has 0 aliphatic heterocycles. The molecule has 0 spiro atoms. The third-order valence-electron chi connectivity index (χ3n) is 2.14. The normalized spacial score (nSPS) is 12.7. The van der Waals surface area contributed by atoms with Crippen LogP contribution < -0.4 is 5.73 Å². The molecule has 4 heteroatoms. The van der Waals surface area contributed by atoms with E-state index in [1.807, 2.05) is 17.5 Å². The van der Waals surface area contributed by atoms with Gasteiger partial charge in [0.05, 0.1) is 6.04 Å². The summed E-state index contributed by atoms with van der Waals surface area (Å²) in [6.07, 6.45) is 0. The molecule has 0 aliphatic rings. The largest absolute Gasteiger partial charge is 0.320 e. The van der Waals surface area contributed by atoms with E-state index >= 15 is 0 Å². The molecule has 1 nitrogen and oxygen atoms in total. The maximum absolute atomic E-state index is 13.1. The van der Waals surface area contributed by atoms with Crippen molar-refractivity contribution >= 4 is 27.3 Å². The van der Waals surface area contributed by atoms with E-state index in [2.05, 4.69) is 15.9 Å².